The number of methoxy groups -OCH3 is 1. The van der Waals surface area contributed by atoms with E-state index in [9.17, 15) is 9.59 Å². The van der Waals surface area contributed by atoms with Crippen molar-refractivity contribution in [1.82, 2.24) is 15.1 Å². The number of amides is 1. The van der Waals surface area contributed by atoms with Crippen molar-refractivity contribution in [3.8, 4) is 5.75 Å². The fraction of sp³-hybridized carbons (Fsp3) is 0.353. The Morgan fingerprint density at radius 3 is 3.00 bits per heavy atom. The first-order valence-electron chi connectivity index (χ1n) is 7.83. The Kier molecular flexibility index (Phi) is 4.50. The zero-order valence-corrected chi connectivity index (χ0v) is 13.4. The molecule has 24 heavy (non-hydrogen) atoms. The molecule has 0 spiro atoms. The monoisotopic (exact) mass is 329 g/mol. The summed E-state index contributed by atoms with van der Waals surface area (Å²) in [6.07, 6.45) is 4.08. The Labute approximate surface area is 139 Å². The molecule has 2 heterocycles. The summed E-state index contributed by atoms with van der Waals surface area (Å²) in [5.41, 5.74) is 2.66. The van der Waals surface area contributed by atoms with E-state index in [1.165, 1.54) is 19.2 Å². The maximum absolute atomic E-state index is 12.3. The molecule has 0 fully saturated rings. The predicted molar refractivity (Wildman–Crippen MR) is 86.5 cm³/mol. The summed E-state index contributed by atoms with van der Waals surface area (Å²) < 4.78 is 7.11. The van der Waals surface area contributed by atoms with E-state index in [0.717, 1.165) is 30.6 Å². The molecule has 0 bridgehead atoms. The van der Waals surface area contributed by atoms with Crippen LogP contribution in [0.1, 0.15) is 38.4 Å². The molecule has 0 saturated heterocycles. The Hall–Kier alpha value is -2.83. The third kappa shape index (κ3) is 3.10. The molecule has 0 aliphatic carbocycles. The van der Waals surface area contributed by atoms with Crippen molar-refractivity contribution in [2.24, 2.45) is 0 Å². The molecule has 1 aliphatic rings. The highest BCUT2D eigenvalue weighted by atomic mass is 16.5. The second kappa shape index (κ2) is 6.74. The molecular formula is C17H19N3O4. The van der Waals surface area contributed by atoms with Crippen molar-refractivity contribution in [2.75, 3.05) is 13.7 Å². The fourth-order valence-electron chi connectivity index (χ4n) is 2.94. The highest BCUT2D eigenvalue weighted by Gasteiger charge is 2.20. The molecular weight excluding hydrogens is 310 g/mol. The van der Waals surface area contributed by atoms with E-state index in [1.807, 2.05) is 4.68 Å². The Morgan fingerprint density at radius 1 is 1.42 bits per heavy atom. The van der Waals surface area contributed by atoms with E-state index >= 15 is 0 Å². The zero-order chi connectivity index (χ0) is 17.1. The minimum Gasteiger partial charge on any atom is -0.496 e. The van der Waals surface area contributed by atoms with Gasteiger partial charge in [-0.2, -0.15) is 5.10 Å². The number of aryl methyl sites for hydroxylation is 1. The van der Waals surface area contributed by atoms with E-state index in [0.29, 0.717) is 24.3 Å². The van der Waals surface area contributed by atoms with Gasteiger partial charge in [0.25, 0.3) is 5.91 Å². The molecule has 0 unspecified atom stereocenters. The first-order valence-corrected chi connectivity index (χ1v) is 7.83. The summed E-state index contributed by atoms with van der Waals surface area (Å²) in [6, 6.07) is 4.74. The molecule has 1 aliphatic heterocycles. The molecule has 7 nitrogen and oxygen atoms in total. The van der Waals surface area contributed by atoms with Crippen LogP contribution in [0.4, 0.5) is 0 Å². The van der Waals surface area contributed by atoms with Crippen LogP contribution >= 0.6 is 0 Å². The Balaban J connectivity index is 1.62. The van der Waals surface area contributed by atoms with Crippen LogP contribution in [-0.4, -0.2) is 40.4 Å². The quantitative estimate of drug-likeness (QED) is 0.838. The first-order chi connectivity index (χ1) is 11.6. The number of benzene rings is 1. The SMILES string of the molecule is COc1cc(C(=O)O)ccc1CCNC(=O)c1cnn2c1CCC2. The van der Waals surface area contributed by atoms with Crippen LogP contribution in [0, 0.1) is 0 Å². The molecule has 2 aromatic rings. The zero-order valence-electron chi connectivity index (χ0n) is 13.4. The molecule has 0 saturated carbocycles. The van der Waals surface area contributed by atoms with Gasteiger partial charge in [0.15, 0.2) is 0 Å². The van der Waals surface area contributed by atoms with Crippen molar-refractivity contribution in [3.05, 3.63) is 46.8 Å². The number of aromatic carboxylic acids is 1. The van der Waals surface area contributed by atoms with Crippen molar-refractivity contribution in [3.63, 3.8) is 0 Å². The highest BCUT2D eigenvalue weighted by molar-refractivity contribution is 5.95. The summed E-state index contributed by atoms with van der Waals surface area (Å²) in [5.74, 6) is -0.613. The summed E-state index contributed by atoms with van der Waals surface area (Å²) in [4.78, 5) is 23.3. The predicted octanol–water partition coefficient (Wildman–Crippen LogP) is 1.51. The van der Waals surface area contributed by atoms with E-state index in [-0.39, 0.29) is 11.5 Å². The van der Waals surface area contributed by atoms with Gasteiger partial charge in [-0.25, -0.2) is 4.79 Å². The van der Waals surface area contributed by atoms with Crippen LogP contribution < -0.4 is 10.1 Å². The van der Waals surface area contributed by atoms with E-state index in [1.54, 1.807) is 12.3 Å². The minimum atomic E-state index is -0.997. The lowest BCUT2D eigenvalue weighted by Crippen LogP contribution is -2.26. The van der Waals surface area contributed by atoms with Gasteiger partial charge in [-0.15, -0.1) is 0 Å². The van der Waals surface area contributed by atoms with Crippen molar-refractivity contribution < 1.29 is 19.4 Å². The third-order valence-corrected chi connectivity index (χ3v) is 4.19. The number of hydrogen-bond donors (Lipinski definition) is 2. The number of aromatic nitrogens is 2. The lowest BCUT2D eigenvalue weighted by Gasteiger charge is -2.10. The van der Waals surface area contributed by atoms with Gasteiger partial charge in [0.2, 0.25) is 0 Å². The molecule has 126 valence electrons. The lowest BCUT2D eigenvalue weighted by molar-refractivity contribution is 0.0696. The number of rotatable bonds is 6. The van der Waals surface area contributed by atoms with Crippen molar-refractivity contribution in [1.29, 1.82) is 0 Å². The summed E-state index contributed by atoms with van der Waals surface area (Å²) in [5, 5.41) is 16.1. The number of fused-ring (bicyclic) bond motifs is 1. The summed E-state index contributed by atoms with van der Waals surface area (Å²) in [6.45, 7) is 1.31. The normalized spacial score (nSPS) is 12.7. The molecule has 2 N–H and O–H groups in total. The number of carboxylic acids is 1. The van der Waals surface area contributed by atoms with Crippen LogP contribution in [0.3, 0.4) is 0 Å². The highest BCUT2D eigenvalue weighted by Crippen LogP contribution is 2.21. The van der Waals surface area contributed by atoms with Crippen LogP contribution in [0.2, 0.25) is 0 Å². The van der Waals surface area contributed by atoms with Crippen LogP contribution in [-0.2, 0) is 19.4 Å². The summed E-state index contributed by atoms with van der Waals surface area (Å²) >= 11 is 0. The van der Waals surface area contributed by atoms with E-state index in [4.69, 9.17) is 9.84 Å². The number of carbonyl (C=O) groups is 2. The smallest absolute Gasteiger partial charge is 0.335 e. The minimum absolute atomic E-state index is 0.126. The fourth-order valence-corrected chi connectivity index (χ4v) is 2.94. The van der Waals surface area contributed by atoms with Gasteiger partial charge in [0.1, 0.15) is 5.75 Å². The van der Waals surface area contributed by atoms with Crippen LogP contribution in [0.5, 0.6) is 5.75 Å². The largest absolute Gasteiger partial charge is 0.496 e. The van der Waals surface area contributed by atoms with Gasteiger partial charge >= 0.3 is 5.97 Å². The molecule has 1 aromatic heterocycles. The van der Waals surface area contributed by atoms with Gasteiger partial charge in [-0.3, -0.25) is 9.48 Å². The number of nitrogens with zero attached hydrogens (tertiary/aromatic N) is 2. The number of hydrogen-bond acceptors (Lipinski definition) is 4. The molecule has 0 radical (unpaired) electrons. The topological polar surface area (TPSA) is 93.4 Å². The van der Waals surface area contributed by atoms with Gasteiger partial charge in [0, 0.05) is 13.1 Å². The van der Waals surface area contributed by atoms with Crippen LogP contribution in [0.15, 0.2) is 24.4 Å². The van der Waals surface area contributed by atoms with Gasteiger partial charge in [-0.05, 0) is 37.0 Å². The van der Waals surface area contributed by atoms with Crippen LogP contribution in [0.25, 0.3) is 0 Å². The molecule has 3 rings (SSSR count). The number of carboxylic acid groups (broad SMARTS) is 1. The first kappa shape index (κ1) is 16.0. The van der Waals surface area contributed by atoms with Gasteiger partial charge in [0.05, 0.1) is 30.1 Å². The maximum atomic E-state index is 12.3. The van der Waals surface area contributed by atoms with E-state index in [2.05, 4.69) is 10.4 Å². The molecule has 1 aromatic carbocycles. The average molecular weight is 329 g/mol. The molecule has 0 atom stereocenters. The van der Waals surface area contributed by atoms with Crippen molar-refractivity contribution >= 4 is 11.9 Å². The third-order valence-electron chi connectivity index (χ3n) is 4.19. The lowest BCUT2D eigenvalue weighted by atomic mass is 10.1. The van der Waals surface area contributed by atoms with Gasteiger partial charge in [-0.1, -0.05) is 6.07 Å². The average Bonchev–Trinajstić information content (AvgIpc) is 3.17. The number of nitrogens with one attached hydrogen (secondary N) is 1. The van der Waals surface area contributed by atoms with E-state index < -0.39 is 5.97 Å². The Bertz CT molecular complexity index is 782. The van der Waals surface area contributed by atoms with Crippen molar-refractivity contribution in [2.45, 2.75) is 25.8 Å². The maximum Gasteiger partial charge on any atom is 0.335 e. The second-order valence-electron chi connectivity index (χ2n) is 5.67. The molecule has 1 amide bonds. The summed E-state index contributed by atoms with van der Waals surface area (Å²) in [7, 11) is 1.50. The standard InChI is InChI=1S/C17H19N3O4/c1-24-15-9-12(17(22)23)5-4-11(15)6-7-18-16(21)13-10-19-20-8-2-3-14(13)20/h4-5,9-10H,2-3,6-8H2,1H3,(H,18,21)(H,22,23). The molecule has 7 heteroatoms. The van der Waals surface area contributed by atoms with Gasteiger partial charge < -0.3 is 15.2 Å². The number of carbonyl (C=O) groups excluding carboxylic acids is 1. The number of ether oxygens (including phenoxy) is 1. The second-order valence-corrected chi connectivity index (χ2v) is 5.67. The Morgan fingerprint density at radius 2 is 2.25 bits per heavy atom.